The summed E-state index contributed by atoms with van der Waals surface area (Å²) in [4.78, 5) is 23.1. The third-order valence-electron chi connectivity index (χ3n) is 3.33. The maximum Gasteiger partial charge on any atom is 0.268 e. The topological polar surface area (TPSA) is 58.2 Å². The normalized spacial score (nSPS) is 12.3. The molecule has 0 saturated heterocycles. The molecule has 4 heteroatoms. The van der Waals surface area contributed by atoms with Crippen molar-refractivity contribution in [3.05, 3.63) is 77.5 Å². The van der Waals surface area contributed by atoms with Crippen LogP contribution in [0.2, 0.25) is 0 Å². The van der Waals surface area contributed by atoms with Crippen LogP contribution in [-0.2, 0) is 16.0 Å². The summed E-state index contributed by atoms with van der Waals surface area (Å²) in [7, 11) is 0. The molecule has 1 atom stereocenters. The second kappa shape index (κ2) is 8.54. The highest BCUT2D eigenvalue weighted by molar-refractivity contribution is 5.99. The Morgan fingerprint density at radius 2 is 1.65 bits per heavy atom. The molecule has 0 heterocycles. The summed E-state index contributed by atoms with van der Waals surface area (Å²) in [5.41, 5.74) is 2.23. The van der Waals surface area contributed by atoms with Gasteiger partial charge in [0.15, 0.2) is 0 Å². The Labute approximate surface area is 136 Å². The van der Waals surface area contributed by atoms with Gasteiger partial charge in [-0.3, -0.25) is 9.59 Å². The van der Waals surface area contributed by atoms with Crippen LogP contribution in [0.3, 0.4) is 0 Å². The lowest BCUT2D eigenvalue weighted by Gasteiger charge is -2.15. The van der Waals surface area contributed by atoms with Gasteiger partial charge in [-0.05, 0) is 30.5 Å². The van der Waals surface area contributed by atoms with E-state index in [-0.39, 0.29) is 17.6 Å². The van der Waals surface area contributed by atoms with Gasteiger partial charge in [0.2, 0.25) is 6.41 Å². The van der Waals surface area contributed by atoms with Crippen LogP contribution in [0, 0.1) is 0 Å². The van der Waals surface area contributed by atoms with Gasteiger partial charge >= 0.3 is 0 Å². The van der Waals surface area contributed by atoms with Crippen LogP contribution in [0.25, 0.3) is 6.08 Å². The van der Waals surface area contributed by atoms with Crippen molar-refractivity contribution in [2.75, 3.05) is 0 Å². The predicted octanol–water partition coefficient (Wildman–Crippen LogP) is 2.52. The van der Waals surface area contributed by atoms with Crippen LogP contribution in [0.5, 0.6) is 0 Å². The zero-order valence-electron chi connectivity index (χ0n) is 13.0. The number of nitrogens with one attached hydrogen (secondary N) is 2. The van der Waals surface area contributed by atoms with Crippen molar-refractivity contribution >= 4 is 18.4 Å². The number of hydrogen-bond donors (Lipinski definition) is 2. The van der Waals surface area contributed by atoms with E-state index >= 15 is 0 Å². The molecule has 1 unspecified atom stereocenters. The summed E-state index contributed by atoms with van der Waals surface area (Å²) in [5, 5.41) is 5.37. The number of hydrogen-bond acceptors (Lipinski definition) is 2. The van der Waals surface area contributed by atoms with Crippen LogP contribution in [0.15, 0.2) is 66.4 Å². The summed E-state index contributed by atoms with van der Waals surface area (Å²) in [5.74, 6) is -0.301. The molecule has 2 aromatic carbocycles. The molecule has 0 aromatic heterocycles. The first kappa shape index (κ1) is 16.5. The van der Waals surface area contributed by atoms with E-state index in [1.165, 1.54) is 0 Å². The molecule has 2 aromatic rings. The maximum atomic E-state index is 12.3. The number of carbonyl (C=O) groups is 2. The van der Waals surface area contributed by atoms with E-state index in [2.05, 4.69) is 10.6 Å². The van der Waals surface area contributed by atoms with Crippen molar-refractivity contribution in [1.29, 1.82) is 0 Å². The summed E-state index contributed by atoms with van der Waals surface area (Å²) in [6.45, 7) is 1.94. The van der Waals surface area contributed by atoms with E-state index in [1.54, 1.807) is 6.08 Å². The molecule has 23 heavy (non-hydrogen) atoms. The molecule has 118 valence electrons. The van der Waals surface area contributed by atoms with Gasteiger partial charge in [0.1, 0.15) is 5.70 Å². The van der Waals surface area contributed by atoms with E-state index in [0.29, 0.717) is 6.41 Å². The van der Waals surface area contributed by atoms with Crippen LogP contribution in [0.4, 0.5) is 0 Å². The predicted molar refractivity (Wildman–Crippen MR) is 91.4 cm³/mol. The maximum absolute atomic E-state index is 12.3. The van der Waals surface area contributed by atoms with E-state index in [0.717, 1.165) is 17.5 Å². The van der Waals surface area contributed by atoms with Gasteiger partial charge in [0, 0.05) is 6.04 Å². The Hall–Kier alpha value is -2.88. The van der Waals surface area contributed by atoms with Crippen molar-refractivity contribution in [3.8, 4) is 0 Å². The summed E-state index contributed by atoms with van der Waals surface area (Å²) < 4.78 is 0. The van der Waals surface area contributed by atoms with Crippen molar-refractivity contribution in [2.24, 2.45) is 0 Å². The first-order valence-corrected chi connectivity index (χ1v) is 7.51. The molecule has 4 nitrogen and oxygen atoms in total. The Morgan fingerprint density at radius 1 is 1.04 bits per heavy atom. The van der Waals surface area contributed by atoms with E-state index < -0.39 is 0 Å². The molecule has 2 rings (SSSR count). The average molecular weight is 308 g/mol. The van der Waals surface area contributed by atoms with Crippen LogP contribution in [-0.4, -0.2) is 18.4 Å². The van der Waals surface area contributed by atoms with Gasteiger partial charge in [-0.15, -0.1) is 0 Å². The molecule has 0 aliphatic rings. The highest BCUT2D eigenvalue weighted by Crippen LogP contribution is 2.06. The molecule has 0 spiro atoms. The highest BCUT2D eigenvalue weighted by atomic mass is 16.2. The lowest BCUT2D eigenvalue weighted by atomic mass is 10.1. The Bertz CT molecular complexity index is 666. The minimum atomic E-state index is -0.301. The van der Waals surface area contributed by atoms with Gasteiger partial charge < -0.3 is 10.6 Å². The average Bonchev–Trinajstić information content (AvgIpc) is 2.56. The zero-order valence-corrected chi connectivity index (χ0v) is 13.0. The van der Waals surface area contributed by atoms with Gasteiger partial charge in [-0.25, -0.2) is 0 Å². The number of rotatable bonds is 7. The molecule has 2 N–H and O–H groups in total. The summed E-state index contributed by atoms with van der Waals surface area (Å²) in [6.07, 6.45) is 2.89. The minimum Gasteiger partial charge on any atom is -0.348 e. The monoisotopic (exact) mass is 308 g/mol. The molecule has 0 aliphatic heterocycles. The zero-order chi connectivity index (χ0) is 16.5. The largest absolute Gasteiger partial charge is 0.348 e. The molecule has 2 amide bonds. The molecule has 0 saturated carbocycles. The highest BCUT2D eigenvalue weighted by Gasteiger charge is 2.12. The molecule has 0 radical (unpaired) electrons. The first-order valence-electron chi connectivity index (χ1n) is 7.51. The number of amides is 2. The number of carbonyl (C=O) groups excluding carboxylic acids is 2. The fourth-order valence-corrected chi connectivity index (χ4v) is 2.27. The second-order valence-corrected chi connectivity index (χ2v) is 5.30. The first-order chi connectivity index (χ1) is 11.2. The van der Waals surface area contributed by atoms with Crippen LogP contribution in [0.1, 0.15) is 18.1 Å². The molecule has 0 bridgehead atoms. The molecule has 0 fully saturated rings. The van der Waals surface area contributed by atoms with Crippen molar-refractivity contribution < 1.29 is 9.59 Å². The van der Waals surface area contributed by atoms with Crippen molar-refractivity contribution in [2.45, 2.75) is 19.4 Å². The minimum absolute atomic E-state index is 0.0440. The Morgan fingerprint density at radius 3 is 2.26 bits per heavy atom. The molecular formula is C19H20N2O2. The molecule has 0 aliphatic carbocycles. The smallest absolute Gasteiger partial charge is 0.268 e. The third-order valence-corrected chi connectivity index (χ3v) is 3.33. The lowest BCUT2D eigenvalue weighted by molar-refractivity contribution is -0.119. The van der Waals surface area contributed by atoms with Gasteiger partial charge in [0.25, 0.3) is 5.91 Å². The van der Waals surface area contributed by atoms with Crippen LogP contribution >= 0.6 is 0 Å². The van der Waals surface area contributed by atoms with Gasteiger partial charge in [-0.1, -0.05) is 60.7 Å². The van der Waals surface area contributed by atoms with Gasteiger partial charge in [-0.2, -0.15) is 0 Å². The Kier molecular flexibility index (Phi) is 6.12. The SMILES string of the molecule is CC(Cc1ccccc1)NC(=O)/C(=C\c1ccccc1)NC=O. The standard InChI is InChI=1S/C19H20N2O2/c1-15(12-16-8-4-2-5-9-16)21-19(23)18(20-14-22)13-17-10-6-3-7-11-17/h2-11,13-15H,12H2,1H3,(H,20,22)(H,21,23)/b18-13+. The third kappa shape index (κ3) is 5.43. The summed E-state index contributed by atoms with van der Waals surface area (Å²) in [6, 6.07) is 19.3. The molecular weight excluding hydrogens is 288 g/mol. The van der Waals surface area contributed by atoms with Crippen LogP contribution < -0.4 is 10.6 Å². The summed E-state index contributed by atoms with van der Waals surface area (Å²) >= 11 is 0. The van der Waals surface area contributed by atoms with Crippen molar-refractivity contribution in [1.82, 2.24) is 10.6 Å². The van der Waals surface area contributed by atoms with E-state index in [1.807, 2.05) is 67.6 Å². The lowest BCUT2D eigenvalue weighted by Crippen LogP contribution is -2.38. The van der Waals surface area contributed by atoms with Crippen molar-refractivity contribution in [3.63, 3.8) is 0 Å². The second-order valence-electron chi connectivity index (χ2n) is 5.30. The van der Waals surface area contributed by atoms with E-state index in [4.69, 9.17) is 0 Å². The van der Waals surface area contributed by atoms with Gasteiger partial charge in [0.05, 0.1) is 0 Å². The Balaban J connectivity index is 2.03. The quantitative estimate of drug-likeness (QED) is 0.610. The van der Waals surface area contributed by atoms with E-state index in [9.17, 15) is 9.59 Å². The number of benzene rings is 2. The fraction of sp³-hybridized carbons (Fsp3) is 0.158. The fourth-order valence-electron chi connectivity index (χ4n) is 2.27.